The van der Waals surface area contributed by atoms with Gasteiger partial charge in [0.1, 0.15) is 11.9 Å². The molecular weight excluding hydrogens is 200 g/mol. The summed E-state index contributed by atoms with van der Waals surface area (Å²) in [5, 5.41) is 8.84. The van der Waals surface area contributed by atoms with Crippen LogP contribution in [0, 0.1) is 18.3 Å². The van der Waals surface area contributed by atoms with E-state index in [1.54, 1.807) is 0 Å². The molecule has 1 saturated heterocycles. The van der Waals surface area contributed by atoms with Crippen molar-refractivity contribution in [3.63, 3.8) is 0 Å². The number of hydrogen-bond acceptors (Lipinski definition) is 4. The molecule has 1 atom stereocenters. The molecule has 1 fully saturated rings. The maximum Gasteiger partial charge on any atom is 0.128 e. The molecule has 0 amide bonds. The Hall–Kier alpha value is -1.60. The van der Waals surface area contributed by atoms with Gasteiger partial charge >= 0.3 is 0 Å². The van der Waals surface area contributed by atoms with Crippen LogP contribution >= 0.6 is 0 Å². The molecule has 0 aliphatic carbocycles. The van der Waals surface area contributed by atoms with Crippen molar-refractivity contribution in [2.75, 3.05) is 18.0 Å². The van der Waals surface area contributed by atoms with E-state index < -0.39 is 0 Å². The number of aryl methyl sites for hydroxylation is 1. The van der Waals surface area contributed by atoms with Crippen LogP contribution in [-0.4, -0.2) is 24.1 Å². The van der Waals surface area contributed by atoms with Gasteiger partial charge < -0.3 is 10.6 Å². The van der Waals surface area contributed by atoms with Crippen LogP contribution in [0.5, 0.6) is 0 Å². The number of nitrogens with two attached hydrogens (primary N) is 1. The molecule has 0 radical (unpaired) electrons. The third-order valence-corrected chi connectivity index (χ3v) is 2.97. The summed E-state index contributed by atoms with van der Waals surface area (Å²) in [6.45, 7) is 3.73. The first-order valence-corrected chi connectivity index (χ1v) is 5.59. The molecule has 2 N–H and O–H groups in total. The van der Waals surface area contributed by atoms with Crippen LogP contribution in [0.4, 0.5) is 5.82 Å². The zero-order valence-corrected chi connectivity index (χ0v) is 9.48. The van der Waals surface area contributed by atoms with Crippen molar-refractivity contribution in [2.45, 2.75) is 25.8 Å². The number of aromatic nitrogens is 1. The standard InChI is InChI=1S/C12H16N4/c1-9-10(7-13)4-5-12(15-9)16-6-2-3-11(14)8-16/h4-5,11H,2-3,6,8,14H2,1H3/t11-/m1/s1. The molecule has 0 unspecified atom stereocenters. The maximum absolute atomic E-state index is 8.84. The van der Waals surface area contributed by atoms with Crippen LogP contribution in [0.1, 0.15) is 24.1 Å². The molecule has 84 valence electrons. The summed E-state index contributed by atoms with van der Waals surface area (Å²) in [6.07, 6.45) is 2.20. The van der Waals surface area contributed by atoms with E-state index >= 15 is 0 Å². The summed E-state index contributed by atoms with van der Waals surface area (Å²) in [5.41, 5.74) is 7.37. The molecule has 1 aliphatic heterocycles. The van der Waals surface area contributed by atoms with Crippen LogP contribution in [0.2, 0.25) is 0 Å². The smallest absolute Gasteiger partial charge is 0.128 e. The quantitative estimate of drug-likeness (QED) is 0.765. The average molecular weight is 216 g/mol. The zero-order chi connectivity index (χ0) is 11.5. The van der Waals surface area contributed by atoms with Crippen molar-refractivity contribution in [1.29, 1.82) is 5.26 Å². The molecule has 16 heavy (non-hydrogen) atoms. The van der Waals surface area contributed by atoms with Crippen LogP contribution in [-0.2, 0) is 0 Å². The number of hydrogen-bond donors (Lipinski definition) is 1. The average Bonchev–Trinajstić information content (AvgIpc) is 2.29. The number of rotatable bonds is 1. The Balaban J connectivity index is 2.21. The lowest BCUT2D eigenvalue weighted by Crippen LogP contribution is -2.43. The fourth-order valence-corrected chi connectivity index (χ4v) is 2.06. The summed E-state index contributed by atoms with van der Waals surface area (Å²) in [4.78, 5) is 6.65. The molecule has 4 nitrogen and oxygen atoms in total. The van der Waals surface area contributed by atoms with Crippen molar-refractivity contribution < 1.29 is 0 Å². The van der Waals surface area contributed by atoms with E-state index in [1.165, 1.54) is 0 Å². The van der Waals surface area contributed by atoms with Gasteiger partial charge in [0.25, 0.3) is 0 Å². The molecule has 0 spiro atoms. The summed E-state index contributed by atoms with van der Waals surface area (Å²) >= 11 is 0. The highest BCUT2D eigenvalue weighted by molar-refractivity contribution is 5.45. The molecule has 0 aromatic carbocycles. The van der Waals surface area contributed by atoms with Crippen molar-refractivity contribution in [1.82, 2.24) is 4.98 Å². The maximum atomic E-state index is 8.84. The fraction of sp³-hybridized carbons (Fsp3) is 0.500. The van der Waals surface area contributed by atoms with Crippen LogP contribution in [0.25, 0.3) is 0 Å². The van der Waals surface area contributed by atoms with Gasteiger partial charge in [-0.1, -0.05) is 0 Å². The summed E-state index contributed by atoms with van der Waals surface area (Å²) < 4.78 is 0. The Bertz CT molecular complexity index is 422. The second kappa shape index (κ2) is 4.50. The Morgan fingerprint density at radius 1 is 1.56 bits per heavy atom. The second-order valence-corrected chi connectivity index (χ2v) is 4.26. The Morgan fingerprint density at radius 2 is 2.38 bits per heavy atom. The Labute approximate surface area is 95.7 Å². The van der Waals surface area contributed by atoms with Crippen LogP contribution < -0.4 is 10.6 Å². The molecule has 0 bridgehead atoms. The van der Waals surface area contributed by atoms with Crippen molar-refractivity contribution in [3.05, 3.63) is 23.4 Å². The SMILES string of the molecule is Cc1nc(N2CCC[C@@H](N)C2)ccc1C#N. The molecule has 2 heterocycles. The molecule has 1 aromatic rings. The Morgan fingerprint density at radius 3 is 3.00 bits per heavy atom. The first-order valence-electron chi connectivity index (χ1n) is 5.59. The zero-order valence-electron chi connectivity index (χ0n) is 9.48. The molecule has 2 rings (SSSR count). The van der Waals surface area contributed by atoms with Gasteiger partial charge in [0, 0.05) is 19.1 Å². The highest BCUT2D eigenvalue weighted by Crippen LogP contribution is 2.18. The first-order chi connectivity index (χ1) is 7.70. The molecule has 1 aromatic heterocycles. The third kappa shape index (κ3) is 2.15. The van der Waals surface area contributed by atoms with Gasteiger partial charge in [-0.25, -0.2) is 4.98 Å². The lowest BCUT2D eigenvalue weighted by molar-refractivity contribution is 0.503. The molecule has 1 aliphatic rings. The van der Waals surface area contributed by atoms with E-state index in [0.29, 0.717) is 5.56 Å². The normalized spacial score (nSPS) is 20.6. The number of anilines is 1. The number of nitriles is 1. The lowest BCUT2D eigenvalue weighted by atomic mass is 10.1. The summed E-state index contributed by atoms with van der Waals surface area (Å²) in [6, 6.07) is 6.11. The molecule has 0 saturated carbocycles. The lowest BCUT2D eigenvalue weighted by Gasteiger charge is -2.31. The van der Waals surface area contributed by atoms with E-state index in [-0.39, 0.29) is 6.04 Å². The van der Waals surface area contributed by atoms with Gasteiger partial charge in [-0.2, -0.15) is 5.26 Å². The molecular formula is C12H16N4. The minimum Gasteiger partial charge on any atom is -0.355 e. The topological polar surface area (TPSA) is 65.9 Å². The van der Waals surface area contributed by atoms with Crippen molar-refractivity contribution in [2.24, 2.45) is 5.73 Å². The minimum atomic E-state index is 0.242. The van der Waals surface area contributed by atoms with Crippen LogP contribution in [0.3, 0.4) is 0 Å². The van der Waals surface area contributed by atoms with Gasteiger partial charge in [-0.15, -0.1) is 0 Å². The molecule has 4 heteroatoms. The second-order valence-electron chi connectivity index (χ2n) is 4.26. The van der Waals surface area contributed by atoms with E-state index in [2.05, 4.69) is 16.0 Å². The number of piperidine rings is 1. The summed E-state index contributed by atoms with van der Waals surface area (Å²) in [7, 11) is 0. The third-order valence-electron chi connectivity index (χ3n) is 2.97. The van der Waals surface area contributed by atoms with Crippen LogP contribution in [0.15, 0.2) is 12.1 Å². The number of pyridine rings is 1. The highest BCUT2D eigenvalue weighted by atomic mass is 15.2. The van der Waals surface area contributed by atoms with E-state index in [9.17, 15) is 0 Å². The van der Waals surface area contributed by atoms with Gasteiger partial charge in [0.05, 0.1) is 11.3 Å². The minimum absolute atomic E-state index is 0.242. The van der Waals surface area contributed by atoms with Crippen molar-refractivity contribution in [3.8, 4) is 6.07 Å². The van der Waals surface area contributed by atoms with Crippen molar-refractivity contribution >= 4 is 5.82 Å². The largest absolute Gasteiger partial charge is 0.355 e. The van der Waals surface area contributed by atoms with Gasteiger partial charge in [-0.05, 0) is 31.9 Å². The van der Waals surface area contributed by atoms with Gasteiger partial charge in [0.2, 0.25) is 0 Å². The first kappa shape index (κ1) is 10.9. The predicted octanol–water partition coefficient (Wildman–Crippen LogP) is 1.19. The van der Waals surface area contributed by atoms with E-state index in [0.717, 1.165) is 37.4 Å². The fourth-order valence-electron chi connectivity index (χ4n) is 2.06. The predicted molar refractivity (Wildman–Crippen MR) is 63.1 cm³/mol. The van der Waals surface area contributed by atoms with Gasteiger partial charge in [-0.3, -0.25) is 0 Å². The van der Waals surface area contributed by atoms with E-state index in [4.69, 9.17) is 11.0 Å². The van der Waals surface area contributed by atoms with E-state index in [1.807, 2.05) is 19.1 Å². The monoisotopic (exact) mass is 216 g/mol. The number of nitrogens with zero attached hydrogens (tertiary/aromatic N) is 3. The van der Waals surface area contributed by atoms with Gasteiger partial charge in [0.15, 0.2) is 0 Å². The Kier molecular flexibility index (Phi) is 3.07. The summed E-state index contributed by atoms with van der Waals surface area (Å²) in [5.74, 6) is 0.937. The highest BCUT2D eigenvalue weighted by Gasteiger charge is 2.18.